The highest BCUT2D eigenvalue weighted by atomic mass is 79.9. The summed E-state index contributed by atoms with van der Waals surface area (Å²) in [6.07, 6.45) is 7.65. The molecule has 0 saturated heterocycles. The fourth-order valence-electron chi connectivity index (χ4n) is 4.99. The minimum Gasteiger partial charge on any atom is -0.384 e. The Morgan fingerprint density at radius 2 is 1.08 bits per heavy atom. The lowest BCUT2D eigenvalue weighted by molar-refractivity contribution is 0.202. The van der Waals surface area contributed by atoms with Crippen LogP contribution in [0.15, 0.2) is 36.4 Å². The molecule has 204 valence electrons. The van der Waals surface area contributed by atoms with Gasteiger partial charge in [-0.1, -0.05) is 15.9 Å². The maximum Gasteiger partial charge on any atom is 0.0875 e. The normalized spacial score (nSPS) is 13.0. The van der Waals surface area contributed by atoms with Crippen LogP contribution >= 0.6 is 15.9 Å². The van der Waals surface area contributed by atoms with Crippen LogP contribution in [0.25, 0.3) is 45.4 Å². The molecule has 0 atom stereocenters. The van der Waals surface area contributed by atoms with Gasteiger partial charge in [-0.15, -0.1) is 0 Å². The number of hydrogen-bond donors (Lipinski definition) is 2. The van der Waals surface area contributed by atoms with E-state index in [2.05, 4.69) is 74.4 Å². The van der Waals surface area contributed by atoms with Crippen molar-refractivity contribution in [2.75, 3.05) is 46.5 Å². The minimum absolute atomic E-state index is 0.637. The van der Waals surface area contributed by atoms with Gasteiger partial charge in [-0.3, -0.25) is 0 Å². The van der Waals surface area contributed by atoms with Gasteiger partial charge in [0.05, 0.1) is 53.6 Å². The number of fused-ring (bicyclic) bond motifs is 10. The molecular formula is C31H35BrN4O3. The van der Waals surface area contributed by atoms with E-state index in [-0.39, 0.29) is 0 Å². The third-order valence-corrected chi connectivity index (χ3v) is 7.48. The average molecular weight is 592 g/mol. The molecule has 8 bridgehead atoms. The van der Waals surface area contributed by atoms with Crippen molar-refractivity contribution in [1.82, 2.24) is 19.9 Å². The number of allylic oxidation sites excluding steroid dienone is 1. The lowest BCUT2D eigenvalue weighted by Crippen LogP contribution is -1.93. The van der Waals surface area contributed by atoms with Crippen LogP contribution in [-0.2, 0) is 27.1 Å². The summed E-state index contributed by atoms with van der Waals surface area (Å²) in [5, 5.41) is 0.870. The van der Waals surface area contributed by atoms with Gasteiger partial charge in [0.2, 0.25) is 0 Å². The number of ether oxygens (including phenoxy) is 3. The first kappa shape index (κ1) is 27.5. The highest BCUT2D eigenvalue weighted by Gasteiger charge is 2.15. The number of nitrogens with one attached hydrogen (secondary N) is 2. The predicted octanol–water partition coefficient (Wildman–Crippen LogP) is 6.60. The third-order valence-electron chi connectivity index (χ3n) is 7.09. The van der Waals surface area contributed by atoms with Crippen molar-refractivity contribution in [2.24, 2.45) is 0 Å². The Hall–Kier alpha value is -3.04. The summed E-state index contributed by atoms with van der Waals surface area (Å²) in [6.45, 7) is 1.93. The number of halogens is 1. The standard InChI is InChI=1S/C31H35BrN4O3/c1-37-13-9-21-17-29-28-16-20(8-12-32)24(33-28)4-5-25-22(10-14-38-2)18-30(35-25)31-19-23(11-15-39-3)27(36-31)7-6-26(21)34-29/h4-7,16-19,34,36H,8-15H2,1-3H3. The first-order valence-electron chi connectivity index (χ1n) is 13.3. The van der Waals surface area contributed by atoms with Crippen LogP contribution in [0.5, 0.6) is 0 Å². The molecule has 0 saturated carbocycles. The van der Waals surface area contributed by atoms with Crippen molar-refractivity contribution < 1.29 is 14.2 Å². The van der Waals surface area contributed by atoms with E-state index < -0.39 is 0 Å². The van der Waals surface area contributed by atoms with E-state index in [1.807, 2.05) is 0 Å². The summed E-state index contributed by atoms with van der Waals surface area (Å²) in [5.41, 5.74) is 12.6. The Bertz CT molecular complexity index is 1550. The van der Waals surface area contributed by atoms with Crippen molar-refractivity contribution in [2.45, 2.75) is 25.7 Å². The van der Waals surface area contributed by atoms with Crippen LogP contribution in [-0.4, -0.2) is 66.4 Å². The Balaban J connectivity index is 1.79. The minimum atomic E-state index is 0.637. The van der Waals surface area contributed by atoms with Crippen LogP contribution in [0.3, 0.4) is 0 Å². The summed E-state index contributed by atoms with van der Waals surface area (Å²) in [4.78, 5) is 17.3. The van der Waals surface area contributed by atoms with E-state index in [1.165, 1.54) is 16.7 Å². The average Bonchev–Trinajstić information content (AvgIpc) is 3.72. The molecule has 3 aromatic rings. The van der Waals surface area contributed by atoms with Crippen LogP contribution in [0.4, 0.5) is 0 Å². The SMILES string of the molecule is COCCC1=Cc2nc1ccc1nc(c3cc(CCOC)c(ccc4[nH]c2cc4CCOC)[nH]3)C=C1CCBr. The van der Waals surface area contributed by atoms with Crippen molar-refractivity contribution in [1.29, 1.82) is 0 Å². The molecule has 7 nitrogen and oxygen atoms in total. The van der Waals surface area contributed by atoms with Gasteiger partial charge in [0.15, 0.2) is 0 Å². The van der Waals surface area contributed by atoms with Crippen molar-refractivity contribution in [3.8, 4) is 0 Å². The molecule has 2 aliphatic rings. The van der Waals surface area contributed by atoms with Crippen molar-refractivity contribution in [3.05, 3.63) is 70.3 Å². The van der Waals surface area contributed by atoms with Gasteiger partial charge in [-0.2, -0.15) is 0 Å². The predicted molar refractivity (Wildman–Crippen MR) is 163 cm³/mol. The summed E-state index contributed by atoms with van der Waals surface area (Å²) in [6, 6.07) is 12.9. The van der Waals surface area contributed by atoms with Crippen LogP contribution in [0, 0.1) is 0 Å². The molecule has 5 rings (SSSR count). The van der Waals surface area contributed by atoms with Gasteiger partial charge in [0.1, 0.15) is 0 Å². The lowest BCUT2D eigenvalue weighted by atomic mass is 10.1. The molecule has 0 aromatic carbocycles. The zero-order valence-corrected chi connectivity index (χ0v) is 24.4. The summed E-state index contributed by atoms with van der Waals surface area (Å²) >= 11 is 3.61. The topological polar surface area (TPSA) is 85.1 Å². The second-order valence-electron chi connectivity index (χ2n) is 9.68. The number of hydrogen-bond acceptors (Lipinski definition) is 5. The van der Waals surface area contributed by atoms with E-state index >= 15 is 0 Å². The summed E-state index contributed by atoms with van der Waals surface area (Å²) < 4.78 is 16.2. The molecule has 2 N–H and O–H groups in total. The zero-order chi connectivity index (χ0) is 27.2. The Morgan fingerprint density at radius 3 is 1.54 bits per heavy atom. The molecule has 5 heterocycles. The largest absolute Gasteiger partial charge is 0.384 e. The Morgan fingerprint density at radius 1 is 0.615 bits per heavy atom. The molecule has 0 spiro atoms. The number of H-pyrrole nitrogens is 2. The lowest BCUT2D eigenvalue weighted by Gasteiger charge is -2.00. The molecule has 8 heteroatoms. The van der Waals surface area contributed by atoms with E-state index in [9.17, 15) is 0 Å². The summed E-state index contributed by atoms with van der Waals surface area (Å²) in [7, 11) is 5.20. The van der Waals surface area contributed by atoms with E-state index in [1.54, 1.807) is 21.3 Å². The number of aromatic nitrogens is 4. The van der Waals surface area contributed by atoms with E-state index in [0.29, 0.717) is 19.8 Å². The van der Waals surface area contributed by atoms with Crippen molar-refractivity contribution in [3.63, 3.8) is 0 Å². The monoisotopic (exact) mass is 590 g/mol. The van der Waals surface area contributed by atoms with Crippen LogP contribution in [0.2, 0.25) is 0 Å². The number of aromatic amines is 2. The zero-order valence-electron chi connectivity index (χ0n) is 22.8. The van der Waals surface area contributed by atoms with Gasteiger partial charge in [-0.05, 0) is 96.5 Å². The second-order valence-corrected chi connectivity index (χ2v) is 10.5. The van der Waals surface area contributed by atoms with Crippen LogP contribution < -0.4 is 0 Å². The first-order chi connectivity index (χ1) is 19.1. The van der Waals surface area contributed by atoms with Crippen molar-refractivity contribution >= 4 is 61.3 Å². The maximum atomic E-state index is 5.40. The first-order valence-corrected chi connectivity index (χ1v) is 14.4. The molecular weight excluding hydrogens is 556 g/mol. The Labute approximate surface area is 237 Å². The molecule has 0 aliphatic carbocycles. The number of methoxy groups -OCH3 is 3. The van der Waals surface area contributed by atoms with Gasteiger partial charge in [0.25, 0.3) is 0 Å². The fourth-order valence-corrected chi connectivity index (χ4v) is 5.41. The number of nitrogens with zero attached hydrogens (tertiary/aromatic N) is 2. The van der Waals surface area contributed by atoms with Gasteiger partial charge >= 0.3 is 0 Å². The molecule has 3 aromatic heterocycles. The van der Waals surface area contributed by atoms with Gasteiger partial charge < -0.3 is 24.2 Å². The highest BCUT2D eigenvalue weighted by Crippen LogP contribution is 2.30. The third kappa shape index (κ3) is 6.25. The number of alkyl halides is 1. The Kier molecular flexibility index (Phi) is 9.09. The molecule has 0 radical (unpaired) electrons. The second kappa shape index (κ2) is 12.9. The smallest absolute Gasteiger partial charge is 0.0875 e. The molecule has 2 aliphatic heterocycles. The van der Waals surface area contributed by atoms with Gasteiger partial charge in [0, 0.05) is 37.7 Å². The maximum absolute atomic E-state index is 5.40. The number of rotatable bonds is 11. The van der Waals surface area contributed by atoms with Crippen LogP contribution in [0.1, 0.15) is 46.7 Å². The molecule has 0 amide bonds. The molecule has 0 fully saturated rings. The molecule has 0 unspecified atom stereocenters. The van der Waals surface area contributed by atoms with E-state index in [4.69, 9.17) is 24.2 Å². The quantitative estimate of drug-likeness (QED) is 0.246. The van der Waals surface area contributed by atoms with E-state index in [0.717, 1.165) is 81.4 Å². The fraction of sp³-hybridized carbons (Fsp3) is 0.355. The highest BCUT2D eigenvalue weighted by molar-refractivity contribution is 9.09. The molecule has 39 heavy (non-hydrogen) atoms. The summed E-state index contributed by atoms with van der Waals surface area (Å²) in [5.74, 6) is 0. The van der Waals surface area contributed by atoms with Gasteiger partial charge in [-0.25, -0.2) is 9.97 Å².